The highest BCUT2D eigenvalue weighted by molar-refractivity contribution is 8.13. The van der Waals surface area contributed by atoms with Gasteiger partial charge in [-0.1, -0.05) is 11.8 Å². The minimum Gasteiger partial charge on any atom is -0.386 e. The van der Waals surface area contributed by atoms with Gasteiger partial charge >= 0.3 is 0 Å². The maximum atomic E-state index is 10.6. The first kappa shape index (κ1) is 13.8. The van der Waals surface area contributed by atoms with Gasteiger partial charge in [-0.2, -0.15) is 5.26 Å². The van der Waals surface area contributed by atoms with Gasteiger partial charge in [0.15, 0.2) is 11.4 Å². The van der Waals surface area contributed by atoms with Crippen molar-refractivity contribution in [1.29, 1.82) is 5.26 Å². The van der Waals surface area contributed by atoms with Crippen molar-refractivity contribution in [3.05, 3.63) is 28.3 Å². The summed E-state index contributed by atoms with van der Waals surface area (Å²) >= 11 is 1.27. The molecule has 7 nitrogen and oxygen atoms in total. The molecule has 2 N–H and O–H groups in total. The second-order valence-electron chi connectivity index (χ2n) is 3.07. The van der Waals surface area contributed by atoms with Crippen LogP contribution in [0.4, 0.5) is 17.1 Å². The first-order valence-electron chi connectivity index (χ1n) is 4.86. The van der Waals surface area contributed by atoms with E-state index >= 15 is 0 Å². The number of thioether (sulfide) groups is 1. The lowest BCUT2D eigenvalue weighted by atomic mass is 10.2. The van der Waals surface area contributed by atoms with Gasteiger partial charge in [0, 0.05) is 19.2 Å². The summed E-state index contributed by atoms with van der Waals surface area (Å²) in [7, 11) is 1.65. The summed E-state index contributed by atoms with van der Waals surface area (Å²) in [6.45, 7) is 0. The lowest BCUT2D eigenvalue weighted by molar-refractivity contribution is -0.384. The highest BCUT2D eigenvalue weighted by Crippen LogP contribution is 2.29. The molecule has 0 aliphatic carbocycles. The van der Waals surface area contributed by atoms with Crippen molar-refractivity contribution < 1.29 is 4.92 Å². The average molecular weight is 265 g/mol. The first-order chi connectivity index (χ1) is 8.62. The molecule has 18 heavy (non-hydrogen) atoms. The Morgan fingerprint density at radius 1 is 1.61 bits per heavy atom. The van der Waals surface area contributed by atoms with Crippen molar-refractivity contribution in [2.45, 2.75) is 0 Å². The standard InChI is InChI=1S/C10H11N5O2S/c1-12-9-5-7(15(16)17)3-4-8(9)14-10(18-2)13-6-11/h3-5,12H,1-2H3,(H,13,14). The topological polar surface area (TPSA) is 103 Å². The number of nitrogens with zero attached hydrogens (tertiary/aromatic N) is 3. The molecule has 8 heteroatoms. The maximum Gasteiger partial charge on any atom is 0.271 e. The summed E-state index contributed by atoms with van der Waals surface area (Å²) in [5.41, 5.74) is 1.03. The molecule has 1 aromatic carbocycles. The van der Waals surface area contributed by atoms with E-state index in [0.717, 1.165) is 0 Å². The molecule has 0 aliphatic heterocycles. The van der Waals surface area contributed by atoms with Crippen LogP contribution in [0.1, 0.15) is 0 Å². The second kappa shape index (κ2) is 6.46. The smallest absolute Gasteiger partial charge is 0.271 e. The van der Waals surface area contributed by atoms with Crippen molar-refractivity contribution >= 4 is 34.0 Å². The van der Waals surface area contributed by atoms with Crippen LogP contribution in [0, 0.1) is 21.6 Å². The zero-order valence-electron chi connectivity index (χ0n) is 9.80. The molecule has 0 amide bonds. The van der Waals surface area contributed by atoms with E-state index in [1.54, 1.807) is 19.5 Å². The number of anilines is 1. The number of non-ortho nitro benzene ring substituents is 1. The third-order valence-corrected chi connectivity index (χ3v) is 2.62. The molecule has 0 radical (unpaired) electrons. The zero-order chi connectivity index (χ0) is 13.5. The van der Waals surface area contributed by atoms with Crippen molar-refractivity contribution in [2.24, 2.45) is 4.99 Å². The third kappa shape index (κ3) is 3.36. The quantitative estimate of drug-likeness (QED) is 0.216. The number of nitrogens with one attached hydrogen (secondary N) is 2. The summed E-state index contributed by atoms with van der Waals surface area (Å²) in [5, 5.41) is 24.8. The fourth-order valence-corrected chi connectivity index (χ4v) is 1.55. The Kier molecular flexibility index (Phi) is 4.95. The van der Waals surface area contributed by atoms with Crippen LogP contribution in [-0.2, 0) is 0 Å². The van der Waals surface area contributed by atoms with Gasteiger partial charge in [0.05, 0.1) is 16.3 Å². The van der Waals surface area contributed by atoms with Crippen LogP contribution in [0.5, 0.6) is 0 Å². The van der Waals surface area contributed by atoms with Crippen LogP contribution in [0.25, 0.3) is 0 Å². The van der Waals surface area contributed by atoms with E-state index in [1.165, 1.54) is 30.0 Å². The van der Waals surface area contributed by atoms with Crippen LogP contribution in [0.3, 0.4) is 0 Å². The van der Waals surface area contributed by atoms with E-state index in [1.807, 2.05) is 0 Å². The predicted octanol–water partition coefficient (Wildman–Crippen LogP) is 2.06. The van der Waals surface area contributed by atoms with Gasteiger partial charge in [0.1, 0.15) is 0 Å². The van der Waals surface area contributed by atoms with Gasteiger partial charge in [-0.3, -0.25) is 15.4 Å². The van der Waals surface area contributed by atoms with E-state index in [2.05, 4.69) is 15.6 Å². The van der Waals surface area contributed by atoms with Gasteiger partial charge in [-0.25, -0.2) is 4.99 Å². The molecule has 94 valence electrons. The molecule has 0 saturated heterocycles. The summed E-state index contributed by atoms with van der Waals surface area (Å²) in [5.74, 6) is 0. The molecule has 0 bridgehead atoms. The molecule has 0 atom stereocenters. The molecule has 0 spiro atoms. The predicted molar refractivity (Wildman–Crippen MR) is 72.0 cm³/mol. The number of hydrogen-bond acceptors (Lipinski definition) is 6. The van der Waals surface area contributed by atoms with E-state index in [0.29, 0.717) is 16.5 Å². The largest absolute Gasteiger partial charge is 0.386 e. The minimum absolute atomic E-state index is 0.0164. The molecule has 0 fully saturated rings. The number of rotatable bonds is 3. The van der Waals surface area contributed by atoms with Crippen LogP contribution in [0.15, 0.2) is 23.2 Å². The Bertz CT molecular complexity index is 523. The SMILES string of the molecule is CNc1cc([N+](=O)[O-])ccc1N=C(NC#N)SC. The molecule has 0 unspecified atom stereocenters. The van der Waals surface area contributed by atoms with E-state index in [-0.39, 0.29) is 5.69 Å². The van der Waals surface area contributed by atoms with Crippen molar-refractivity contribution in [3.8, 4) is 6.19 Å². The maximum absolute atomic E-state index is 10.6. The van der Waals surface area contributed by atoms with Crippen molar-refractivity contribution in [3.63, 3.8) is 0 Å². The van der Waals surface area contributed by atoms with Gasteiger partial charge in [0.2, 0.25) is 0 Å². The van der Waals surface area contributed by atoms with Crippen LogP contribution in [-0.4, -0.2) is 23.4 Å². The zero-order valence-corrected chi connectivity index (χ0v) is 10.6. The van der Waals surface area contributed by atoms with Crippen LogP contribution < -0.4 is 10.6 Å². The summed E-state index contributed by atoms with van der Waals surface area (Å²) in [6.07, 6.45) is 3.55. The molecule has 0 aliphatic rings. The van der Waals surface area contributed by atoms with Gasteiger partial charge in [0.25, 0.3) is 5.69 Å². The lowest BCUT2D eigenvalue weighted by Crippen LogP contribution is -2.12. The van der Waals surface area contributed by atoms with E-state index in [9.17, 15) is 10.1 Å². The number of amidine groups is 1. The Hall–Kier alpha value is -2.27. The van der Waals surface area contributed by atoms with Crippen LogP contribution >= 0.6 is 11.8 Å². The van der Waals surface area contributed by atoms with Gasteiger partial charge in [-0.15, -0.1) is 0 Å². The summed E-state index contributed by atoms with van der Waals surface area (Å²) in [4.78, 5) is 14.4. The Balaban J connectivity index is 3.17. The van der Waals surface area contributed by atoms with Crippen LogP contribution in [0.2, 0.25) is 0 Å². The summed E-state index contributed by atoms with van der Waals surface area (Å²) < 4.78 is 0. The fraction of sp³-hybridized carbons (Fsp3) is 0.200. The minimum atomic E-state index is -0.475. The molecule has 0 aromatic heterocycles. The van der Waals surface area contributed by atoms with E-state index in [4.69, 9.17) is 5.26 Å². The molecular formula is C10H11N5O2S. The number of aliphatic imine (C=N–C) groups is 1. The second-order valence-corrected chi connectivity index (χ2v) is 3.86. The third-order valence-electron chi connectivity index (χ3n) is 2.04. The number of nitro benzene ring substituents is 1. The molecule has 0 saturated carbocycles. The molecule has 1 aromatic rings. The molecule has 0 heterocycles. The molecule has 1 rings (SSSR count). The number of nitriles is 1. The lowest BCUT2D eigenvalue weighted by Gasteiger charge is -2.06. The van der Waals surface area contributed by atoms with Crippen molar-refractivity contribution in [2.75, 3.05) is 18.6 Å². The summed E-state index contributed by atoms with van der Waals surface area (Å²) in [6, 6.07) is 4.28. The highest BCUT2D eigenvalue weighted by atomic mass is 32.2. The Labute approximate surface area is 108 Å². The Morgan fingerprint density at radius 2 is 2.33 bits per heavy atom. The van der Waals surface area contributed by atoms with Crippen molar-refractivity contribution in [1.82, 2.24) is 5.32 Å². The first-order valence-corrected chi connectivity index (χ1v) is 6.08. The fourth-order valence-electron chi connectivity index (χ4n) is 1.22. The number of hydrogen-bond donors (Lipinski definition) is 2. The number of nitro groups is 1. The van der Waals surface area contributed by atoms with Gasteiger partial charge < -0.3 is 5.32 Å². The molecular weight excluding hydrogens is 254 g/mol. The Morgan fingerprint density at radius 3 is 2.83 bits per heavy atom. The normalized spacial score (nSPS) is 10.6. The average Bonchev–Trinajstić information content (AvgIpc) is 2.38. The number of benzene rings is 1. The van der Waals surface area contributed by atoms with Gasteiger partial charge in [-0.05, 0) is 12.3 Å². The monoisotopic (exact) mass is 265 g/mol. The van der Waals surface area contributed by atoms with E-state index < -0.39 is 4.92 Å². The highest BCUT2D eigenvalue weighted by Gasteiger charge is 2.10.